The quantitative estimate of drug-likeness (QED) is 0.380. The van der Waals surface area contributed by atoms with Gasteiger partial charge in [-0.15, -0.1) is 0 Å². The number of ether oxygens (including phenoxy) is 6. The summed E-state index contributed by atoms with van der Waals surface area (Å²) < 4.78 is 31.8. The highest BCUT2D eigenvalue weighted by Gasteiger charge is 2.13. The van der Waals surface area contributed by atoms with Crippen molar-refractivity contribution in [1.82, 2.24) is 0 Å². The molecule has 0 heterocycles. The summed E-state index contributed by atoms with van der Waals surface area (Å²) in [4.78, 5) is 11.9. The van der Waals surface area contributed by atoms with Crippen LogP contribution in [0, 0.1) is 23.7 Å². The van der Waals surface area contributed by atoms with Crippen molar-refractivity contribution in [2.24, 2.45) is 0 Å². The van der Waals surface area contributed by atoms with Crippen molar-refractivity contribution in [3.8, 4) is 52.4 Å². The molecule has 0 saturated carbocycles. The van der Waals surface area contributed by atoms with Gasteiger partial charge in [-0.25, -0.2) is 4.79 Å². The number of rotatable bonds is 6. The highest BCUT2D eigenvalue weighted by atomic mass is 16.5. The highest BCUT2D eigenvalue weighted by molar-refractivity contribution is 5.92. The third kappa shape index (κ3) is 5.84. The first kappa shape index (κ1) is 25.9. The van der Waals surface area contributed by atoms with E-state index in [-0.39, 0.29) is 0 Å². The van der Waals surface area contributed by atoms with Crippen molar-refractivity contribution in [2.45, 2.75) is 0 Å². The van der Waals surface area contributed by atoms with Gasteiger partial charge in [0.2, 0.25) is 0 Å². The molecule has 0 bridgehead atoms. The van der Waals surface area contributed by atoms with Crippen molar-refractivity contribution in [3.05, 3.63) is 76.3 Å². The van der Waals surface area contributed by atoms with Gasteiger partial charge in [0, 0.05) is 17.2 Å². The van der Waals surface area contributed by atoms with Gasteiger partial charge in [-0.05, 0) is 42.5 Å². The van der Waals surface area contributed by atoms with Gasteiger partial charge < -0.3 is 28.4 Å². The molecule has 7 nitrogen and oxygen atoms in total. The van der Waals surface area contributed by atoms with E-state index in [1.807, 2.05) is 6.07 Å². The lowest BCUT2D eigenvalue weighted by atomic mass is 10.1. The Morgan fingerprint density at radius 2 is 1.03 bits per heavy atom. The molecule has 0 radical (unpaired) electrons. The van der Waals surface area contributed by atoms with Crippen molar-refractivity contribution >= 4 is 5.97 Å². The molecule has 3 rings (SSSR count). The molecule has 0 fully saturated rings. The van der Waals surface area contributed by atoms with Gasteiger partial charge >= 0.3 is 5.97 Å². The molecule has 0 saturated heterocycles. The predicted octanol–water partition coefficient (Wildman–Crippen LogP) is 4.32. The van der Waals surface area contributed by atoms with Gasteiger partial charge in [-0.3, -0.25) is 0 Å². The van der Waals surface area contributed by atoms with E-state index in [2.05, 4.69) is 23.7 Å². The molecule has 3 aromatic carbocycles. The smallest absolute Gasteiger partial charge is 0.341 e. The number of carbonyl (C=O) groups is 1. The highest BCUT2D eigenvalue weighted by Crippen LogP contribution is 2.30. The van der Waals surface area contributed by atoms with Gasteiger partial charge in [-0.2, -0.15) is 0 Å². The first-order valence-electron chi connectivity index (χ1n) is 10.8. The molecule has 7 heteroatoms. The Morgan fingerprint density at radius 3 is 1.53 bits per heavy atom. The van der Waals surface area contributed by atoms with E-state index in [1.165, 1.54) is 14.2 Å². The third-order valence-electron chi connectivity index (χ3n) is 5.19. The van der Waals surface area contributed by atoms with Crippen LogP contribution in [-0.4, -0.2) is 48.6 Å². The lowest BCUT2D eigenvalue weighted by molar-refractivity contribution is 0.0597. The zero-order valence-corrected chi connectivity index (χ0v) is 21.0. The zero-order chi connectivity index (χ0) is 26.1. The van der Waals surface area contributed by atoms with Crippen LogP contribution in [0.2, 0.25) is 0 Å². The molecule has 0 aliphatic rings. The van der Waals surface area contributed by atoms with E-state index in [0.717, 1.165) is 5.56 Å². The van der Waals surface area contributed by atoms with E-state index in [4.69, 9.17) is 28.4 Å². The maximum Gasteiger partial charge on any atom is 0.341 e. The van der Waals surface area contributed by atoms with Crippen LogP contribution >= 0.6 is 0 Å². The van der Waals surface area contributed by atoms with Crippen molar-refractivity contribution in [3.63, 3.8) is 0 Å². The number of esters is 1. The van der Waals surface area contributed by atoms with Crippen molar-refractivity contribution < 1.29 is 33.2 Å². The van der Waals surface area contributed by atoms with Gasteiger partial charge in [0.25, 0.3) is 0 Å². The van der Waals surface area contributed by atoms with Gasteiger partial charge in [0.1, 0.15) is 22.8 Å². The number of benzene rings is 3. The largest absolute Gasteiger partial charge is 0.496 e. The zero-order valence-electron chi connectivity index (χ0n) is 21.0. The summed E-state index contributed by atoms with van der Waals surface area (Å²) in [5, 5.41) is 0. The summed E-state index contributed by atoms with van der Waals surface area (Å²) in [5.74, 6) is 14.6. The van der Waals surface area contributed by atoms with E-state index in [0.29, 0.717) is 51.0 Å². The van der Waals surface area contributed by atoms with Crippen LogP contribution in [0.4, 0.5) is 0 Å². The molecule has 0 spiro atoms. The molecular formula is C29H26O7. The normalized spacial score (nSPS) is 9.61. The van der Waals surface area contributed by atoms with E-state index < -0.39 is 5.97 Å². The fraction of sp³-hybridized carbons (Fsp3) is 0.207. The topological polar surface area (TPSA) is 72.5 Å². The van der Waals surface area contributed by atoms with Crippen LogP contribution in [0.5, 0.6) is 28.7 Å². The van der Waals surface area contributed by atoms with Crippen LogP contribution in [0.3, 0.4) is 0 Å². The summed E-state index contributed by atoms with van der Waals surface area (Å²) in [6.45, 7) is 0. The summed E-state index contributed by atoms with van der Waals surface area (Å²) in [6, 6.07) is 14.0. The first-order valence-corrected chi connectivity index (χ1v) is 10.8. The molecule has 184 valence electrons. The summed E-state index contributed by atoms with van der Waals surface area (Å²) >= 11 is 0. The number of methoxy groups -OCH3 is 6. The summed E-state index contributed by atoms with van der Waals surface area (Å²) in [7, 11) is 9.08. The van der Waals surface area contributed by atoms with Crippen LogP contribution in [0.1, 0.15) is 32.6 Å². The summed E-state index contributed by atoms with van der Waals surface area (Å²) in [5.41, 5.74) is 2.97. The van der Waals surface area contributed by atoms with E-state index in [9.17, 15) is 4.79 Å². The van der Waals surface area contributed by atoms with E-state index in [1.54, 1.807) is 70.9 Å². The number of carbonyl (C=O) groups excluding carboxylic acids is 1. The first-order chi connectivity index (χ1) is 17.5. The average Bonchev–Trinajstić information content (AvgIpc) is 2.93. The van der Waals surface area contributed by atoms with Crippen LogP contribution < -0.4 is 23.7 Å². The SMILES string of the molecule is COC(=O)c1ccc(C#Cc2cc(C#Cc3ccc(OC)c(OC)c3)c(OC)cc2OC)cc1OC. The Bertz CT molecular complexity index is 1380. The Labute approximate surface area is 210 Å². The van der Waals surface area contributed by atoms with Crippen LogP contribution in [0.25, 0.3) is 0 Å². The maximum absolute atomic E-state index is 11.9. The lowest BCUT2D eigenvalue weighted by Crippen LogP contribution is -2.04. The minimum absolute atomic E-state index is 0.320. The Morgan fingerprint density at radius 1 is 0.528 bits per heavy atom. The second-order valence-electron chi connectivity index (χ2n) is 7.23. The molecule has 0 amide bonds. The maximum atomic E-state index is 11.9. The lowest BCUT2D eigenvalue weighted by Gasteiger charge is -2.09. The molecule has 0 N–H and O–H groups in total. The monoisotopic (exact) mass is 486 g/mol. The minimum Gasteiger partial charge on any atom is -0.496 e. The van der Waals surface area contributed by atoms with Gasteiger partial charge in [0.05, 0.1) is 53.8 Å². The molecule has 0 aliphatic carbocycles. The standard InChI is InChI=1S/C29H26O7/c1-31-24-14-10-20(16-28(24)35-5)8-12-22-17-21(25(32-2)18-26(22)33-3)11-7-19-9-13-23(29(30)36-6)27(15-19)34-4/h9-10,13-18H,1-6H3. The fourth-order valence-electron chi connectivity index (χ4n) is 3.33. The molecule has 0 unspecified atom stereocenters. The Hall–Kier alpha value is -4.75. The van der Waals surface area contributed by atoms with Crippen LogP contribution in [0.15, 0.2) is 48.5 Å². The predicted molar refractivity (Wildman–Crippen MR) is 135 cm³/mol. The van der Waals surface area contributed by atoms with Gasteiger partial charge in [0.15, 0.2) is 11.5 Å². The van der Waals surface area contributed by atoms with Crippen LogP contribution in [-0.2, 0) is 4.74 Å². The fourth-order valence-corrected chi connectivity index (χ4v) is 3.33. The van der Waals surface area contributed by atoms with Crippen molar-refractivity contribution in [1.29, 1.82) is 0 Å². The average molecular weight is 487 g/mol. The van der Waals surface area contributed by atoms with E-state index >= 15 is 0 Å². The molecular weight excluding hydrogens is 460 g/mol. The number of hydrogen-bond donors (Lipinski definition) is 0. The summed E-state index contributed by atoms with van der Waals surface area (Å²) in [6.07, 6.45) is 0. The second-order valence-corrected chi connectivity index (χ2v) is 7.23. The van der Waals surface area contributed by atoms with Gasteiger partial charge in [-0.1, -0.05) is 23.7 Å². The molecule has 0 aromatic heterocycles. The molecule has 3 aromatic rings. The minimum atomic E-state index is -0.485. The molecule has 0 aliphatic heterocycles. The Kier molecular flexibility index (Phi) is 8.69. The molecule has 36 heavy (non-hydrogen) atoms. The number of hydrogen-bond acceptors (Lipinski definition) is 7. The second kappa shape index (κ2) is 12.1. The van der Waals surface area contributed by atoms with Crippen molar-refractivity contribution in [2.75, 3.05) is 42.7 Å². The third-order valence-corrected chi connectivity index (χ3v) is 5.19. The Balaban J connectivity index is 2.02. The molecule has 0 atom stereocenters.